The van der Waals surface area contributed by atoms with Gasteiger partial charge in [0, 0.05) is 31.0 Å². The Morgan fingerprint density at radius 1 is 1.23 bits per heavy atom. The minimum absolute atomic E-state index is 0. The van der Waals surface area contributed by atoms with Crippen LogP contribution in [0.15, 0.2) is 29.3 Å². The van der Waals surface area contributed by atoms with Crippen LogP contribution in [0.3, 0.4) is 0 Å². The highest BCUT2D eigenvalue weighted by Gasteiger charge is 2.29. The molecule has 1 aromatic carbocycles. The molecule has 1 aromatic rings. The van der Waals surface area contributed by atoms with E-state index in [1.807, 2.05) is 7.05 Å². The second-order valence-electron chi connectivity index (χ2n) is 6.89. The number of aliphatic imine (C=N–C) groups is 1. The van der Waals surface area contributed by atoms with Crippen LogP contribution >= 0.6 is 24.2 Å². The first-order valence-electron chi connectivity index (χ1n) is 9.10. The number of carbonyl (C=O) groups excluding carboxylic acids is 1. The van der Waals surface area contributed by atoms with E-state index in [4.69, 9.17) is 4.99 Å². The molecule has 1 heterocycles. The first-order valence-corrected chi connectivity index (χ1v) is 10.1. The zero-order valence-electron chi connectivity index (χ0n) is 15.1. The van der Waals surface area contributed by atoms with Crippen molar-refractivity contribution < 1.29 is 9.18 Å². The van der Waals surface area contributed by atoms with Gasteiger partial charge in [0.15, 0.2) is 5.17 Å². The average Bonchev–Trinajstić information content (AvgIpc) is 2.79. The molecule has 26 heavy (non-hydrogen) atoms. The molecule has 1 atom stereocenters. The molecular formula is C19H27ClFN3OS. The molecule has 1 aliphatic carbocycles. The van der Waals surface area contributed by atoms with Crippen LogP contribution in [0.1, 0.15) is 44.9 Å². The number of amides is 1. The molecule has 0 radical (unpaired) electrons. The summed E-state index contributed by atoms with van der Waals surface area (Å²) >= 11 is 1.76. The van der Waals surface area contributed by atoms with Gasteiger partial charge in [-0.05, 0) is 37.1 Å². The number of thioether (sulfide) groups is 1. The molecule has 0 bridgehead atoms. The molecule has 2 aliphatic rings. The Morgan fingerprint density at radius 3 is 2.54 bits per heavy atom. The Labute approximate surface area is 165 Å². The van der Waals surface area contributed by atoms with Crippen molar-refractivity contribution in [3.63, 3.8) is 0 Å². The van der Waals surface area contributed by atoms with E-state index in [2.05, 4.69) is 10.2 Å². The van der Waals surface area contributed by atoms with Crippen LogP contribution in [0.2, 0.25) is 0 Å². The standard InChI is InChI=1S/C19H26FN3OS.ClH/c1-23-17(12-18(24)21-16-10-8-14(20)9-11-16)13-25-19(23)22-15-6-4-2-3-5-7-15;/h8-11,15,17H,2-7,12-13H2,1H3,(H,21,24);1H/b22-19-;. The second-order valence-corrected chi connectivity index (χ2v) is 7.88. The van der Waals surface area contributed by atoms with Crippen molar-refractivity contribution in [2.45, 2.75) is 57.0 Å². The lowest BCUT2D eigenvalue weighted by Gasteiger charge is -2.21. The molecule has 1 saturated heterocycles. The van der Waals surface area contributed by atoms with Crippen LogP contribution in [-0.2, 0) is 4.79 Å². The topological polar surface area (TPSA) is 44.7 Å². The molecule has 4 nitrogen and oxygen atoms in total. The van der Waals surface area contributed by atoms with Crippen LogP contribution in [0.5, 0.6) is 0 Å². The summed E-state index contributed by atoms with van der Waals surface area (Å²) in [7, 11) is 2.03. The molecule has 3 rings (SSSR count). The fraction of sp³-hybridized carbons (Fsp3) is 0.579. The summed E-state index contributed by atoms with van der Waals surface area (Å²) in [6, 6.07) is 6.47. The molecule has 1 saturated carbocycles. The highest BCUT2D eigenvalue weighted by atomic mass is 35.5. The fourth-order valence-corrected chi connectivity index (χ4v) is 4.63. The van der Waals surface area contributed by atoms with Gasteiger partial charge in [0.2, 0.25) is 5.91 Å². The predicted octanol–water partition coefficient (Wildman–Crippen LogP) is 4.70. The first kappa shape index (κ1) is 21.0. The van der Waals surface area contributed by atoms with E-state index in [0.717, 1.165) is 10.9 Å². The molecule has 7 heteroatoms. The maximum Gasteiger partial charge on any atom is 0.226 e. The molecule has 1 N–H and O–H groups in total. The van der Waals surface area contributed by atoms with E-state index in [0.29, 0.717) is 18.2 Å². The van der Waals surface area contributed by atoms with Gasteiger partial charge in [0.1, 0.15) is 5.82 Å². The number of nitrogens with one attached hydrogen (secondary N) is 1. The van der Waals surface area contributed by atoms with Crippen molar-refractivity contribution in [3.05, 3.63) is 30.1 Å². The van der Waals surface area contributed by atoms with Crippen molar-refractivity contribution in [3.8, 4) is 0 Å². The minimum atomic E-state index is -0.302. The SMILES string of the molecule is CN1/C(=N/C2CCCCCC2)SCC1CC(=O)Nc1ccc(F)cc1.Cl. The molecule has 1 unspecified atom stereocenters. The zero-order chi connectivity index (χ0) is 17.6. The molecule has 144 valence electrons. The number of anilines is 1. The lowest BCUT2D eigenvalue weighted by atomic mass is 10.1. The van der Waals surface area contributed by atoms with E-state index in [1.165, 1.54) is 50.7 Å². The Bertz CT molecular complexity index is 618. The highest BCUT2D eigenvalue weighted by Crippen LogP contribution is 2.28. The minimum Gasteiger partial charge on any atom is -0.350 e. The maximum atomic E-state index is 12.9. The largest absolute Gasteiger partial charge is 0.350 e. The number of amidine groups is 1. The molecule has 1 amide bonds. The van der Waals surface area contributed by atoms with Gasteiger partial charge in [0.05, 0.1) is 6.04 Å². The number of benzene rings is 1. The van der Waals surface area contributed by atoms with Crippen molar-refractivity contribution in [2.75, 3.05) is 18.1 Å². The summed E-state index contributed by atoms with van der Waals surface area (Å²) in [5, 5.41) is 3.92. The molecule has 0 spiro atoms. The smallest absolute Gasteiger partial charge is 0.226 e. The average molecular weight is 400 g/mol. The van der Waals surface area contributed by atoms with E-state index >= 15 is 0 Å². The van der Waals surface area contributed by atoms with Gasteiger partial charge in [-0.3, -0.25) is 9.79 Å². The summed E-state index contributed by atoms with van der Waals surface area (Å²) in [5.41, 5.74) is 0.632. The van der Waals surface area contributed by atoms with Crippen LogP contribution in [0.25, 0.3) is 0 Å². The Kier molecular flexibility index (Phi) is 8.22. The highest BCUT2D eigenvalue weighted by molar-refractivity contribution is 8.14. The zero-order valence-corrected chi connectivity index (χ0v) is 16.8. The normalized spacial score (nSPS) is 22.8. The Hall–Kier alpha value is -1.27. The van der Waals surface area contributed by atoms with Crippen LogP contribution in [0, 0.1) is 5.82 Å². The summed E-state index contributed by atoms with van der Waals surface area (Å²) in [6.07, 6.45) is 8.01. The molecular weight excluding hydrogens is 373 g/mol. The van der Waals surface area contributed by atoms with Crippen molar-refractivity contribution in [1.82, 2.24) is 4.90 Å². The van der Waals surface area contributed by atoms with Gasteiger partial charge in [-0.15, -0.1) is 12.4 Å². The van der Waals surface area contributed by atoms with Gasteiger partial charge in [-0.25, -0.2) is 4.39 Å². The number of halogens is 2. The third-order valence-corrected chi connectivity index (χ3v) is 6.12. The summed E-state index contributed by atoms with van der Waals surface area (Å²) in [5.74, 6) is 0.544. The fourth-order valence-electron chi connectivity index (χ4n) is 3.37. The number of carbonyl (C=O) groups is 1. The lowest BCUT2D eigenvalue weighted by Crippen LogP contribution is -2.34. The number of rotatable bonds is 4. The van der Waals surface area contributed by atoms with Gasteiger partial charge < -0.3 is 10.2 Å². The van der Waals surface area contributed by atoms with Crippen molar-refractivity contribution in [2.24, 2.45) is 4.99 Å². The number of hydrogen-bond donors (Lipinski definition) is 1. The Morgan fingerprint density at radius 2 is 1.88 bits per heavy atom. The van der Waals surface area contributed by atoms with Gasteiger partial charge in [-0.2, -0.15) is 0 Å². The summed E-state index contributed by atoms with van der Waals surface area (Å²) in [6.45, 7) is 0. The summed E-state index contributed by atoms with van der Waals surface area (Å²) in [4.78, 5) is 19.4. The third-order valence-electron chi connectivity index (χ3n) is 4.92. The van der Waals surface area contributed by atoms with Gasteiger partial charge in [-0.1, -0.05) is 37.4 Å². The first-order chi connectivity index (χ1) is 12.1. The number of nitrogens with zero attached hydrogens (tertiary/aromatic N) is 2. The van der Waals surface area contributed by atoms with E-state index in [-0.39, 0.29) is 30.2 Å². The van der Waals surface area contributed by atoms with Crippen molar-refractivity contribution in [1.29, 1.82) is 0 Å². The monoisotopic (exact) mass is 399 g/mol. The second kappa shape index (κ2) is 10.2. The molecule has 1 aliphatic heterocycles. The number of hydrogen-bond acceptors (Lipinski definition) is 3. The van der Waals surface area contributed by atoms with Crippen LogP contribution in [-0.4, -0.2) is 40.9 Å². The summed E-state index contributed by atoms with van der Waals surface area (Å²) < 4.78 is 12.9. The van der Waals surface area contributed by atoms with Gasteiger partial charge >= 0.3 is 0 Å². The van der Waals surface area contributed by atoms with E-state index in [9.17, 15) is 9.18 Å². The maximum absolute atomic E-state index is 12.9. The molecule has 0 aromatic heterocycles. The lowest BCUT2D eigenvalue weighted by molar-refractivity contribution is -0.116. The van der Waals surface area contributed by atoms with E-state index in [1.54, 1.807) is 23.9 Å². The Balaban J connectivity index is 0.00000243. The van der Waals surface area contributed by atoms with Crippen molar-refractivity contribution >= 4 is 40.9 Å². The van der Waals surface area contributed by atoms with Crippen LogP contribution < -0.4 is 5.32 Å². The molecule has 2 fully saturated rings. The van der Waals surface area contributed by atoms with Crippen LogP contribution in [0.4, 0.5) is 10.1 Å². The third kappa shape index (κ3) is 5.88. The predicted molar refractivity (Wildman–Crippen MR) is 110 cm³/mol. The van der Waals surface area contributed by atoms with Gasteiger partial charge in [0.25, 0.3) is 0 Å². The van der Waals surface area contributed by atoms with E-state index < -0.39 is 0 Å². The quantitative estimate of drug-likeness (QED) is 0.746.